The lowest BCUT2D eigenvalue weighted by atomic mass is 10.1. The molecule has 0 aliphatic heterocycles. The van der Waals surface area contributed by atoms with Crippen molar-refractivity contribution in [1.82, 2.24) is 9.97 Å². The Hall–Kier alpha value is -3.19. The molecule has 0 bridgehead atoms. The molecule has 2 heterocycles. The summed E-state index contributed by atoms with van der Waals surface area (Å²) in [4.78, 5) is 19.8. The second-order valence-electron chi connectivity index (χ2n) is 5.86. The third-order valence-corrected chi connectivity index (χ3v) is 3.95. The summed E-state index contributed by atoms with van der Waals surface area (Å²) >= 11 is 5.68. The number of hydrogen-bond donors (Lipinski definition) is 1. The fourth-order valence-electron chi connectivity index (χ4n) is 2.42. The van der Waals surface area contributed by atoms with Crippen LogP contribution < -0.4 is 15.2 Å². The van der Waals surface area contributed by atoms with Gasteiger partial charge in [0.2, 0.25) is 0 Å². The Balaban J connectivity index is 1.80. The molecule has 2 N–H and O–H groups in total. The van der Waals surface area contributed by atoms with Gasteiger partial charge in [-0.2, -0.15) is 0 Å². The van der Waals surface area contributed by atoms with Crippen LogP contribution in [0.25, 0.3) is 11.3 Å². The Morgan fingerprint density at radius 3 is 2.64 bits per heavy atom. The number of halogens is 2. The monoisotopic (exact) mass is 401 g/mol. The van der Waals surface area contributed by atoms with Crippen molar-refractivity contribution in [3.05, 3.63) is 59.6 Å². The molecule has 28 heavy (non-hydrogen) atoms. The van der Waals surface area contributed by atoms with Gasteiger partial charge in [0.1, 0.15) is 11.4 Å². The highest BCUT2D eigenvalue weighted by atomic mass is 35.5. The molecule has 0 unspecified atom stereocenters. The third-order valence-electron chi connectivity index (χ3n) is 3.74. The fourth-order valence-corrected chi connectivity index (χ4v) is 2.57. The molecule has 0 atom stereocenters. The molecule has 3 aromatic rings. The van der Waals surface area contributed by atoms with Gasteiger partial charge >= 0.3 is 5.97 Å². The van der Waals surface area contributed by atoms with Crippen molar-refractivity contribution in [3.8, 4) is 28.6 Å². The molecule has 0 saturated carbocycles. The summed E-state index contributed by atoms with van der Waals surface area (Å²) in [5.74, 6) is -0.561. The van der Waals surface area contributed by atoms with Crippen LogP contribution in [0, 0.1) is 5.82 Å². The zero-order valence-electron chi connectivity index (χ0n) is 15.0. The smallest absolute Gasteiger partial charge is 0.311 e. The van der Waals surface area contributed by atoms with E-state index in [1.807, 2.05) is 6.92 Å². The standard InChI is InChI=1S/C20H17ClFN3O3/c1-2-3-17(26)28-16-8-9-24-19(18(16)23)12-4-6-14(7-5-12)27-20-15(22)10-13(21)11-25-20/h4-11H,2-3,23H2,1H3. The van der Waals surface area contributed by atoms with Gasteiger partial charge in [-0.3, -0.25) is 9.78 Å². The molecule has 0 saturated heterocycles. The zero-order valence-corrected chi connectivity index (χ0v) is 15.7. The number of anilines is 1. The first-order valence-electron chi connectivity index (χ1n) is 8.52. The Morgan fingerprint density at radius 1 is 1.21 bits per heavy atom. The van der Waals surface area contributed by atoms with E-state index >= 15 is 0 Å². The van der Waals surface area contributed by atoms with Gasteiger partial charge in [-0.25, -0.2) is 9.37 Å². The number of carbonyl (C=O) groups excluding carboxylic acids is 1. The first-order chi connectivity index (χ1) is 13.5. The molecule has 0 aliphatic carbocycles. The van der Waals surface area contributed by atoms with Crippen LogP contribution in [0.4, 0.5) is 10.1 Å². The van der Waals surface area contributed by atoms with E-state index in [9.17, 15) is 9.18 Å². The maximum absolute atomic E-state index is 13.8. The van der Waals surface area contributed by atoms with Crippen molar-refractivity contribution in [2.24, 2.45) is 0 Å². The largest absolute Gasteiger partial charge is 0.436 e. The molecular weight excluding hydrogens is 385 g/mol. The quantitative estimate of drug-likeness (QED) is 0.584. The number of nitrogens with zero attached hydrogens (tertiary/aromatic N) is 2. The first kappa shape index (κ1) is 19.6. The lowest BCUT2D eigenvalue weighted by molar-refractivity contribution is -0.134. The predicted molar refractivity (Wildman–Crippen MR) is 104 cm³/mol. The molecule has 0 fully saturated rings. The Kier molecular flexibility index (Phi) is 6.06. The number of benzene rings is 1. The Morgan fingerprint density at radius 2 is 1.96 bits per heavy atom. The number of aromatic nitrogens is 2. The summed E-state index contributed by atoms with van der Waals surface area (Å²) in [7, 11) is 0. The molecule has 3 rings (SSSR count). The maximum atomic E-state index is 13.8. The van der Waals surface area contributed by atoms with Crippen LogP contribution in [-0.4, -0.2) is 15.9 Å². The number of ether oxygens (including phenoxy) is 2. The minimum atomic E-state index is -0.663. The Bertz CT molecular complexity index is 996. The molecule has 0 spiro atoms. The lowest BCUT2D eigenvalue weighted by Crippen LogP contribution is -2.09. The van der Waals surface area contributed by atoms with Crippen LogP contribution in [0.3, 0.4) is 0 Å². The van der Waals surface area contributed by atoms with E-state index in [1.54, 1.807) is 30.3 Å². The van der Waals surface area contributed by atoms with Crippen molar-refractivity contribution in [1.29, 1.82) is 0 Å². The summed E-state index contributed by atoms with van der Waals surface area (Å²) in [5.41, 5.74) is 7.51. The van der Waals surface area contributed by atoms with Gasteiger partial charge in [-0.15, -0.1) is 0 Å². The highest BCUT2D eigenvalue weighted by Gasteiger charge is 2.13. The van der Waals surface area contributed by atoms with Gasteiger partial charge in [0, 0.05) is 30.4 Å². The fraction of sp³-hybridized carbons (Fsp3) is 0.150. The predicted octanol–water partition coefficient (Wildman–Crippen LogP) is 5.02. The highest BCUT2D eigenvalue weighted by molar-refractivity contribution is 6.30. The van der Waals surface area contributed by atoms with E-state index < -0.39 is 5.82 Å². The third kappa shape index (κ3) is 4.55. The Labute approximate surface area is 166 Å². The summed E-state index contributed by atoms with van der Waals surface area (Å²) in [6.45, 7) is 1.89. The zero-order chi connectivity index (χ0) is 20.1. The van der Waals surface area contributed by atoms with Crippen molar-refractivity contribution in [3.63, 3.8) is 0 Å². The number of rotatable bonds is 6. The van der Waals surface area contributed by atoms with Crippen LogP contribution >= 0.6 is 11.6 Å². The van der Waals surface area contributed by atoms with Crippen LogP contribution in [0.5, 0.6) is 17.4 Å². The van der Waals surface area contributed by atoms with E-state index in [0.717, 1.165) is 6.07 Å². The van der Waals surface area contributed by atoms with Crippen molar-refractivity contribution in [2.75, 3.05) is 5.73 Å². The minimum Gasteiger partial charge on any atom is -0.436 e. The number of nitrogens with two attached hydrogens (primary N) is 1. The second kappa shape index (κ2) is 8.67. The van der Waals surface area contributed by atoms with Crippen molar-refractivity contribution in [2.45, 2.75) is 19.8 Å². The summed E-state index contributed by atoms with van der Waals surface area (Å²) < 4.78 is 24.5. The van der Waals surface area contributed by atoms with Gasteiger partial charge in [-0.1, -0.05) is 18.5 Å². The number of carbonyl (C=O) groups is 1. The van der Waals surface area contributed by atoms with E-state index in [1.165, 1.54) is 12.4 Å². The van der Waals surface area contributed by atoms with Crippen LogP contribution in [0.1, 0.15) is 19.8 Å². The van der Waals surface area contributed by atoms with Gasteiger partial charge in [0.25, 0.3) is 5.88 Å². The summed E-state index contributed by atoms with van der Waals surface area (Å²) in [6, 6.07) is 9.33. The molecule has 1 aromatic carbocycles. The van der Waals surface area contributed by atoms with Crippen LogP contribution in [0.2, 0.25) is 5.02 Å². The van der Waals surface area contributed by atoms with E-state index in [2.05, 4.69) is 9.97 Å². The molecule has 6 nitrogen and oxygen atoms in total. The number of pyridine rings is 2. The van der Waals surface area contributed by atoms with Gasteiger partial charge in [-0.05, 0) is 36.8 Å². The van der Waals surface area contributed by atoms with Crippen LogP contribution in [0.15, 0.2) is 48.8 Å². The number of esters is 1. The van der Waals surface area contributed by atoms with Crippen molar-refractivity contribution < 1.29 is 18.7 Å². The number of nitrogen functional groups attached to an aromatic ring is 1. The second-order valence-corrected chi connectivity index (χ2v) is 6.30. The molecule has 0 amide bonds. The molecule has 8 heteroatoms. The molecule has 0 radical (unpaired) electrons. The van der Waals surface area contributed by atoms with Gasteiger partial charge < -0.3 is 15.2 Å². The highest BCUT2D eigenvalue weighted by Crippen LogP contribution is 2.33. The van der Waals surface area contributed by atoms with E-state index in [0.29, 0.717) is 29.8 Å². The number of hydrogen-bond acceptors (Lipinski definition) is 6. The molecule has 2 aromatic heterocycles. The van der Waals surface area contributed by atoms with Gasteiger partial charge in [0.05, 0.1) is 10.7 Å². The first-order valence-corrected chi connectivity index (χ1v) is 8.90. The molecule has 0 aliphatic rings. The molecule has 144 valence electrons. The average molecular weight is 402 g/mol. The molecular formula is C20H17ClFN3O3. The SMILES string of the molecule is CCCC(=O)Oc1ccnc(-c2ccc(Oc3ncc(Cl)cc3F)cc2)c1N. The van der Waals surface area contributed by atoms with E-state index in [4.69, 9.17) is 26.8 Å². The van der Waals surface area contributed by atoms with Crippen molar-refractivity contribution >= 4 is 23.3 Å². The summed E-state index contributed by atoms with van der Waals surface area (Å²) in [5, 5.41) is 0.182. The van der Waals surface area contributed by atoms with E-state index in [-0.39, 0.29) is 28.3 Å². The van der Waals surface area contributed by atoms with Crippen LogP contribution in [-0.2, 0) is 4.79 Å². The van der Waals surface area contributed by atoms with Gasteiger partial charge in [0.15, 0.2) is 11.6 Å². The lowest BCUT2D eigenvalue weighted by Gasteiger charge is -2.11. The maximum Gasteiger partial charge on any atom is 0.311 e. The normalized spacial score (nSPS) is 10.5. The summed E-state index contributed by atoms with van der Waals surface area (Å²) in [6.07, 6.45) is 3.79. The topological polar surface area (TPSA) is 87.3 Å². The average Bonchev–Trinajstić information content (AvgIpc) is 2.67. The minimum absolute atomic E-state index is 0.181.